The Morgan fingerprint density at radius 1 is 1.19 bits per heavy atom. The van der Waals surface area contributed by atoms with Crippen molar-refractivity contribution < 1.29 is 22.7 Å². The minimum atomic E-state index is -4.84. The highest BCUT2D eigenvalue weighted by Crippen LogP contribution is 2.36. The average Bonchev–Trinajstić information content (AvgIpc) is 3.01. The molecule has 0 unspecified atom stereocenters. The van der Waals surface area contributed by atoms with Crippen LogP contribution < -0.4 is 15.8 Å². The molecular weight excluding hydrogens is 363 g/mol. The number of pyridine rings is 1. The summed E-state index contributed by atoms with van der Waals surface area (Å²) in [7, 11) is 0. The topological polar surface area (TPSA) is 106 Å². The maximum absolute atomic E-state index is 12.6. The molecule has 7 nitrogen and oxygen atoms in total. The van der Waals surface area contributed by atoms with E-state index in [1.807, 2.05) is 0 Å². The van der Waals surface area contributed by atoms with Crippen LogP contribution in [-0.4, -0.2) is 27.5 Å². The van der Waals surface area contributed by atoms with Crippen LogP contribution >= 0.6 is 0 Å². The number of hydrogen-bond acceptors (Lipinski definition) is 5. The summed E-state index contributed by atoms with van der Waals surface area (Å²) in [6, 6.07) is 8.47. The molecule has 140 valence electrons. The minimum absolute atomic E-state index is 0.0602. The number of amides is 1. The second-order valence-electron chi connectivity index (χ2n) is 5.51. The molecule has 27 heavy (non-hydrogen) atoms. The molecule has 2 aromatic heterocycles. The number of alkyl halides is 3. The normalized spacial score (nSPS) is 11.3. The highest BCUT2D eigenvalue weighted by atomic mass is 19.4. The molecule has 1 amide bonds. The third-order valence-corrected chi connectivity index (χ3v) is 3.64. The number of carbonyl (C=O) groups is 1. The monoisotopic (exact) mass is 377 g/mol. The molecule has 10 heteroatoms. The van der Waals surface area contributed by atoms with Gasteiger partial charge in [0.25, 0.3) is 5.91 Å². The number of halogens is 3. The fourth-order valence-electron chi connectivity index (χ4n) is 2.45. The summed E-state index contributed by atoms with van der Waals surface area (Å²) in [5, 5.41) is 8.98. The zero-order valence-corrected chi connectivity index (χ0v) is 14.0. The van der Waals surface area contributed by atoms with Crippen LogP contribution in [0.2, 0.25) is 0 Å². The van der Waals surface area contributed by atoms with Gasteiger partial charge in [0.15, 0.2) is 0 Å². The van der Waals surface area contributed by atoms with E-state index in [2.05, 4.69) is 25.2 Å². The van der Waals surface area contributed by atoms with Gasteiger partial charge in [-0.05, 0) is 25.1 Å². The van der Waals surface area contributed by atoms with Gasteiger partial charge in [-0.1, -0.05) is 18.2 Å². The number of ether oxygens (including phenoxy) is 1. The van der Waals surface area contributed by atoms with Crippen LogP contribution in [-0.2, 0) is 0 Å². The van der Waals surface area contributed by atoms with Crippen molar-refractivity contribution in [1.82, 2.24) is 15.2 Å². The van der Waals surface area contributed by atoms with Gasteiger partial charge in [0.05, 0.1) is 11.3 Å². The van der Waals surface area contributed by atoms with Gasteiger partial charge in [-0.3, -0.25) is 9.89 Å². The van der Waals surface area contributed by atoms with Gasteiger partial charge < -0.3 is 15.8 Å². The summed E-state index contributed by atoms with van der Waals surface area (Å²) < 4.78 is 41.8. The quantitative estimate of drug-likeness (QED) is 0.645. The first kappa shape index (κ1) is 18.2. The number of nitrogens with one attached hydrogen (secondary N) is 2. The molecule has 1 aromatic carbocycles. The van der Waals surface area contributed by atoms with E-state index in [1.54, 1.807) is 13.0 Å². The lowest BCUT2D eigenvalue weighted by atomic mass is 10.1. The number of aryl methyl sites for hydroxylation is 1. The Balaban J connectivity index is 1.88. The third kappa shape index (κ3) is 4.17. The second-order valence-corrected chi connectivity index (χ2v) is 5.51. The largest absolute Gasteiger partial charge is 0.573 e. The Kier molecular flexibility index (Phi) is 4.72. The lowest BCUT2D eigenvalue weighted by Gasteiger charge is -2.14. The number of hydrogen-bond donors (Lipinski definition) is 3. The molecule has 0 aliphatic heterocycles. The van der Waals surface area contributed by atoms with E-state index in [0.29, 0.717) is 11.3 Å². The standard InChI is InChI=1S/C17H14F3N5O2/c1-9-12(8-22-25-9)16(26)24-14-7-6-11(15(21)23-14)10-4-2-3-5-13(10)27-17(18,19)20/h2-8H,1H3,(H,22,25)(H3,21,23,24,26). The van der Waals surface area contributed by atoms with Gasteiger partial charge >= 0.3 is 6.36 Å². The number of carbonyl (C=O) groups excluding carboxylic acids is 1. The third-order valence-electron chi connectivity index (χ3n) is 3.64. The number of benzene rings is 1. The fourth-order valence-corrected chi connectivity index (χ4v) is 2.45. The van der Waals surface area contributed by atoms with Crippen molar-refractivity contribution in [2.75, 3.05) is 11.1 Å². The van der Waals surface area contributed by atoms with Crippen molar-refractivity contribution in [3.05, 3.63) is 53.9 Å². The van der Waals surface area contributed by atoms with Crippen molar-refractivity contribution in [2.45, 2.75) is 13.3 Å². The van der Waals surface area contributed by atoms with Gasteiger partial charge in [0.1, 0.15) is 17.4 Å². The fraction of sp³-hybridized carbons (Fsp3) is 0.118. The van der Waals surface area contributed by atoms with Crippen molar-refractivity contribution in [3.63, 3.8) is 0 Å². The van der Waals surface area contributed by atoms with Crippen LogP contribution in [0.5, 0.6) is 5.75 Å². The maximum Gasteiger partial charge on any atom is 0.573 e. The Bertz CT molecular complexity index is 985. The molecule has 3 aromatic rings. The van der Waals surface area contributed by atoms with Crippen LogP contribution in [0.15, 0.2) is 42.6 Å². The first-order valence-electron chi connectivity index (χ1n) is 7.68. The Morgan fingerprint density at radius 3 is 2.56 bits per heavy atom. The predicted octanol–water partition coefficient (Wildman–Crippen LogP) is 3.51. The lowest BCUT2D eigenvalue weighted by Crippen LogP contribution is -2.17. The van der Waals surface area contributed by atoms with Crippen LogP contribution in [0, 0.1) is 6.92 Å². The zero-order chi connectivity index (χ0) is 19.6. The first-order valence-corrected chi connectivity index (χ1v) is 7.68. The van der Waals surface area contributed by atoms with E-state index < -0.39 is 18.0 Å². The predicted molar refractivity (Wildman–Crippen MR) is 92.0 cm³/mol. The van der Waals surface area contributed by atoms with Gasteiger partial charge in [-0.15, -0.1) is 13.2 Å². The number of nitrogen functional groups attached to an aromatic ring is 1. The molecular formula is C17H14F3N5O2. The summed E-state index contributed by atoms with van der Waals surface area (Å²) in [4.78, 5) is 16.2. The molecule has 2 heterocycles. The molecule has 0 bridgehead atoms. The number of aromatic amines is 1. The molecule has 0 saturated carbocycles. The number of nitrogens with zero attached hydrogens (tertiary/aromatic N) is 2. The van der Waals surface area contributed by atoms with E-state index in [0.717, 1.165) is 0 Å². The van der Waals surface area contributed by atoms with Crippen molar-refractivity contribution in [2.24, 2.45) is 0 Å². The van der Waals surface area contributed by atoms with Crippen LogP contribution in [0.4, 0.5) is 24.8 Å². The van der Waals surface area contributed by atoms with Crippen molar-refractivity contribution in [3.8, 4) is 16.9 Å². The van der Waals surface area contributed by atoms with Crippen molar-refractivity contribution >= 4 is 17.5 Å². The van der Waals surface area contributed by atoms with Gasteiger partial charge in [0.2, 0.25) is 0 Å². The van der Waals surface area contributed by atoms with Crippen LogP contribution in [0.25, 0.3) is 11.1 Å². The second kappa shape index (κ2) is 6.98. The minimum Gasteiger partial charge on any atom is -0.405 e. The molecule has 4 N–H and O–H groups in total. The lowest BCUT2D eigenvalue weighted by molar-refractivity contribution is -0.274. The SMILES string of the molecule is Cc1n[nH]cc1C(=O)Nc1ccc(-c2ccccc2OC(F)(F)F)c(N)n1. The Morgan fingerprint density at radius 2 is 1.93 bits per heavy atom. The van der Waals surface area contributed by atoms with Gasteiger partial charge in [-0.25, -0.2) is 4.98 Å². The van der Waals surface area contributed by atoms with E-state index in [9.17, 15) is 18.0 Å². The van der Waals surface area contributed by atoms with Gasteiger partial charge in [0, 0.05) is 17.3 Å². The molecule has 0 radical (unpaired) electrons. The highest BCUT2D eigenvalue weighted by molar-refractivity contribution is 6.04. The zero-order valence-electron chi connectivity index (χ0n) is 14.0. The molecule has 0 fully saturated rings. The average molecular weight is 377 g/mol. The Hall–Kier alpha value is -3.56. The number of aromatic nitrogens is 3. The Labute approximate surface area is 151 Å². The van der Waals surface area contributed by atoms with E-state index in [1.165, 1.54) is 36.5 Å². The first-order chi connectivity index (χ1) is 12.7. The number of para-hydroxylation sites is 1. The van der Waals surface area contributed by atoms with Crippen LogP contribution in [0.1, 0.15) is 16.1 Å². The molecule has 0 saturated heterocycles. The highest BCUT2D eigenvalue weighted by Gasteiger charge is 2.32. The molecule has 0 spiro atoms. The summed E-state index contributed by atoms with van der Waals surface area (Å²) in [5.41, 5.74) is 7.11. The number of nitrogens with two attached hydrogens (primary N) is 1. The van der Waals surface area contributed by atoms with E-state index >= 15 is 0 Å². The summed E-state index contributed by atoms with van der Waals surface area (Å²) in [6.45, 7) is 1.66. The summed E-state index contributed by atoms with van der Waals surface area (Å²) in [5.74, 6) is -0.753. The molecule has 0 atom stereocenters. The van der Waals surface area contributed by atoms with E-state index in [-0.39, 0.29) is 22.8 Å². The summed E-state index contributed by atoms with van der Waals surface area (Å²) >= 11 is 0. The molecule has 0 aliphatic carbocycles. The van der Waals surface area contributed by atoms with Crippen LogP contribution in [0.3, 0.4) is 0 Å². The molecule has 0 aliphatic rings. The van der Waals surface area contributed by atoms with Gasteiger partial charge in [-0.2, -0.15) is 5.10 Å². The summed E-state index contributed by atoms with van der Waals surface area (Å²) in [6.07, 6.45) is -3.40. The molecule has 3 rings (SSSR count). The van der Waals surface area contributed by atoms with E-state index in [4.69, 9.17) is 5.73 Å². The number of anilines is 2. The maximum atomic E-state index is 12.6. The number of H-pyrrole nitrogens is 1. The number of rotatable bonds is 4. The van der Waals surface area contributed by atoms with Crippen molar-refractivity contribution in [1.29, 1.82) is 0 Å². The smallest absolute Gasteiger partial charge is 0.405 e.